The van der Waals surface area contributed by atoms with Gasteiger partial charge >= 0.3 is 6.09 Å². The first kappa shape index (κ1) is 18.5. The van der Waals surface area contributed by atoms with Gasteiger partial charge in [0.2, 0.25) is 0 Å². The third kappa shape index (κ3) is 5.98. The summed E-state index contributed by atoms with van der Waals surface area (Å²) in [5, 5.41) is 0. The quantitative estimate of drug-likeness (QED) is 0.816. The summed E-state index contributed by atoms with van der Waals surface area (Å²) in [7, 11) is 0. The van der Waals surface area contributed by atoms with Gasteiger partial charge < -0.3 is 14.4 Å². The van der Waals surface area contributed by atoms with Gasteiger partial charge in [-0.2, -0.15) is 0 Å². The second-order valence-electron chi connectivity index (χ2n) is 7.15. The predicted molar refractivity (Wildman–Crippen MR) is 87.0 cm³/mol. The van der Waals surface area contributed by atoms with Crippen molar-refractivity contribution in [1.29, 1.82) is 0 Å². The number of piperidine rings is 1. The maximum absolute atomic E-state index is 13.1. The highest BCUT2D eigenvalue weighted by Gasteiger charge is 2.26. The number of carbonyl (C=O) groups is 1. The molecular formula is C18H25F2NO3. The first-order valence-corrected chi connectivity index (χ1v) is 8.30. The number of hydrogen-bond donors (Lipinski definition) is 0. The molecule has 0 bridgehead atoms. The minimum atomic E-state index is -0.643. The first-order chi connectivity index (χ1) is 11.2. The smallest absolute Gasteiger partial charge is 0.410 e. The molecule has 1 aromatic rings. The second kappa shape index (κ2) is 7.81. The summed E-state index contributed by atoms with van der Waals surface area (Å²) in [5.74, 6) is -0.646. The topological polar surface area (TPSA) is 38.8 Å². The first-order valence-electron chi connectivity index (χ1n) is 8.30. The van der Waals surface area contributed by atoms with Crippen LogP contribution in [0, 0.1) is 17.6 Å². The van der Waals surface area contributed by atoms with Gasteiger partial charge in [-0.1, -0.05) is 0 Å². The van der Waals surface area contributed by atoms with Crippen molar-refractivity contribution >= 4 is 6.09 Å². The maximum Gasteiger partial charge on any atom is 0.410 e. The summed E-state index contributed by atoms with van der Waals surface area (Å²) in [6.45, 7) is 7.28. The molecule has 1 aliphatic heterocycles. The molecule has 6 heteroatoms. The lowest BCUT2D eigenvalue weighted by Gasteiger charge is -2.33. The van der Waals surface area contributed by atoms with E-state index in [0.29, 0.717) is 25.6 Å². The average molecular weight is 341 g/mol. The van der Waals surface area contributed by atoms with Crippen molar-refractivity contribution in [2.75, 3.05) is 19.7 Å². The van der Waals surface area contributed by atoms with Crippen LogP contribution in [-0.2, 0) is 4.74 Å². The van der Waals surface area contributed by atoms with Crippen molar-refractivity contribution in [3.05, 3.63) is 29.8 Å². The zero-order chi connectivity index (χ0) is 17.7. The summed E-state index contributed by atoms with van der Waals surface area (Å²) in [4.78, 5) is 13.7. The maximum atomic E-state index is 13.1. The monoisotopic (exact) mass is 341 g/mol. The molecule has 1 heterocycles. The Morgan fingerprint density at radius 2 is 1.75 bits per heavy atom. The van der Waals surface area contributed by atoms with Gasteiger partial charge in [0, 0.05) is 31.3 Å². The van der Waals surface area contributed by atoms with Crippen LogP contribution in [0.1, 0.15) is 40.0 Å². The van der Waals surface area contributed by atoms with E-state index in [4.69, 9.17) is 9.47 Å². The highest BCUT2D eigenvalue weighted by atomic mass is 19.1. The van der Waals surface area contributed by atoms with Gasteiger partial charge in [0.05, 0.1) is 6.61 Å². The van der Waals surface area contributed by atoms with Crippen molar-refractivity contribution in [3.63, 3.8) is 0 Å². The third-order valence-corrected chi connectivity index (χ3v) is 3.90. The normalized spacial score (nSPS) is 16.1. The van der Waals surface area contributed by atoms with Gasteiger partial charge in [-0.25, -0.2) is 13.6 Å². The molecule has 134 valence electrons. The summed E-state index contributed by atoms with van der Waals surface area (Å²) in [6.07, 6.45) is 2.27. The van der Waals surface area contributed by atoms with E-state index >= 15 is 0 Å². The molecule has 0 spiro atoms. The summed E-state index contributed by atoms with van der Waals surface area (Å²) in [6, 6.07) is 3.17. The largest absolute Gasteiger partial charge is 0.493 e. The van der Waals surface area contributed by atoms with E-state index in [1.165, 1.54) is 12.1 Å². The average Bonchev–Trinajstić information content (AvgIpc) is 2.45. The van der Waals surface area contributed by atoms with Crippen molar-refractivity contribution in [2.45, 2.75) is 45.6 Å². The van der Waals surface area contributed by atoms with Gasteiger partial charge in [0.15, 0.2) is 0 Å². The van der Waals surface area contributed by atoms with E-state index in [2.05, 4.69) is 0 Å². The molecule has 1 amide bonds. The summed E-state index contributed by atoms with van der Waals surface area (Å²) < 4.78 is 36.9. The van der Waals surface area contributed by atoms with Crippen LogP contribution in [0.4, 0.5) is 13.6 Å². The fraction of sp³-hybridized carbons (Fsp3) is 0.611. The van der Waals surface area contributed by atoms with E-state index in [1.54, 1.807) is 4.90 Å². The van der Waals surface area contributed by atoms with Crippen molar-refractivity contribution in [3.8, 4) is 5.75 Å². The highest BCUT2D eigenvalue weighted by molar-refractivity contribution is 5.68. The van der Waals surface area contributed by atoms with Crippen LogP contribution in [0.5, 0.6) is 5.75 Å². The highest BCUT2D eigenvalue weighted by Crippen LogP contribution is 2.23. The Labute approximate surface area is 141 Å². The Kier molecular flexibility index (Phi) is 6.02. The fourth-order valence-corrected chi connectivity index (χ4v) is 2.69. The van der Waals surface area contributed by atoms with Crippen molar-refractivity contribution in [1.82, 2.24) is 4.90 Å². The van der Waals surface area contributed by atoms with Crippen LogP contribution < -0.4 is 4.74 Å². The fourth-order valence-electron chi connectivity index (χ4n) is 2.69. The molecular weight excluding hydrogens is 316 g/mol. The molecule has 24 heavy (non-hydrogen) atoms. The van der Waals surface area contributed by atoms with Gasteiger partial charge in [-0.3, -0.25) is 0 Å². The summed E-state index contributed by atoms with van der Waals surface area (Å²) >= 11 is 0. The van der Waals surface area contributed by atoms with Gasteiger partial charge in [0.1, 0.15) is 23.0 Å². The molecule has 0 aliphatic carbocycles. The molecule has 1 aliphatic rings. The molecule has 4 nitrogen and oxygen atoms in total. The van der Waals surface area contributed by atoms with Gasteiger partial charge in [0.25, 0.3) is 0 Å². The zero-order valence-electron chi connectivity index (χ0n) is 14.5. The lowest BCUT2D eigenvalue weighted by atomic mass is 9.94. The van der Waals surface area contributed by atoms with E-state index in [9.17, 15) is 13.6 Å². The van der Waals surface area contributed by atoms with Crippen molar-refractivity contribution < 1.29 is 23.0 Å². The predicted octanol–water partition coefficient (Wildman–Crippen LogP) is 4.38. The van der Waals surface area contributed by atoms with Crippen LogP contribution in [0.3, 0.4) is 0 Å². The molecule has 1 aromatic carbocycles. The molecule has 0 N–H and O–H groups in total. The minimum Gasteiger partial charge on any atom is -0.493 e. The van der Waals surface area contributed by atoms with Crippen LogP contribution in [-0.4, -0.2) is 36.3 Å². The molecule has 2 rings (SSSR count). The van der Waals surface area contributed by atoms with Crippen LogP contribution in [0.2, 0.25) is 0 Å². The molecule has 0 atom stereocenters. The van der Waals surface area contributed by atoms with Crippen molar-refractivity contribution in [2.24, 2.45) is 5.92 Å². The Morgan fingerprint density at radius 3 is 2.29 bits per heavy atom. The molecule has 0 aromatic heterocycles. The molecule has 1 fully saturated rings. The van der Waals surface area contributed by atoms with Crippen LogP contribution in [0.15, 0.2) is 18.2 Å². The Bertz CT molecular complexity index is 544. The number of benzene rings is 1. The summed E-state index contributed by atoms with van der Waals surface area (Å²) in [5.41, 5.74) is -0.484. The van der Waals surface area contributed by atoms with E-state index in [-0.39, 0.29) is 11.8 Å². The number of hydrogen-bond acceptors (Lipinski definition) is 3. The standard InChI is InChI=1S/C18H25F2NO3/c1-18(2,3)24-17(22)21-7-4-13(5-8-21)6-9-23-16-11-14(19)10-15(20)12-16/h10-13H,4-9H2,1-3H3. The number of carbonyl (C=O) groups excluding carboxylic acids is 1. The second-order valence-corrected chi connectivity index (χ2v) is 7.15. The Morgan fingerprint density at radius 1 is 1.17 bits per heavy atom. The number of amides is 1. The lowest BCUT2D eigenvalue weighted by molar-refractivity contribution is 0.0177. The van der Waals surface area contributed by atoms with Gasteiger partial charge in [-0.15, -0.1) is 0 Å². The Hall–Kier alpha value is -1.85. The van der Waals surface area contributed by atoms with Crippen LogP contribution in [0.25, 0.3) is 0 Å². The minimum absolute atomic E-state index is 0.207. The number of halogens is 2. The molecule has 0 unspecified atom stereocenters. The molecule has 0 radical (unpaired) electrons. The SMILES string of the molecule is CC(C)(C)OC(=O)N1CCC(CCOc2cc(F)cc(F)c2)CC1. The third-order valence-electron chi connectivity index (χ3n) is 3.90. The molecule has 0 saturated carbocycles. The number of rotatable bonds is 4. The number of ether oxygens (including phenoxy) is 2. The lowest BCUT2D eigenvalue weighted by Crippen LogP contribution is -2.41. The number of likely N-dealkylation sites (tertiary alicyclic amines) is 1. The Balaban J connectivity index is 1.70. The van der Waals surface area contributed by atoms with E-state index in [0.717, 1.165) is 25.3 Å². The zero-order valence-corrected chi connectivity index (χ0v) is 14.5. The van der Waals surface area contributed by atoms with E-state index in [1.807, 2.05) is 20.8 Å². The van der Waals surface area contributed by atoms with E-state index < -0.39 is 17.2 Å². The molecule has 1 saturated heterocycles. The number of nitrogens with zero attached hydrogens (tertiary/aromatic N) is 1. The van der Waals surface area contributed by atoms with Gasteiger partial charge in [-0.05, 0) is 46.0 Å². The van der Waals surface area contributed by atoms with Crippen LogP contribution >= 0.6 is 0 Å².